The van der Waals surface area contributed by atoms with Crippen LogP contribution in [0.4, 0.5) is 0 Å². The van der Waals surface area contributed by atoms with Crippen LogP contribution in [0.1, 0.15) is 6.92 Å². The van der Waals surface area contributed by atoms with Crippen molar-refractivity contribution in [3.8, 4) is 0 Å². The van der Waals surface area contributed by atoms with Gasteiger partial charge in [-0.3, -0.25) is 0 Å². The topological polar surface area (TPSA) is 78.7 Å². The van der Waals surface area contributed by atoms with E-state index in [1.165, 1.54) is 0 Å². The Morgan fingerprint density at radius 3 is 1.52 bits per heavy atom. The van der Waals surface area contributed by atoms with Gasteiger partial charge in [-0.1, -0.05) is 0 Å². The average Bonchev–Trinajstić information content (AvgIpc) is 2.75. The van der Waals surface area contributed by atoms with E-state index in [0.717, 1.165) is 0 Å². The summed E-state index contributed by atoms with van der Waals surface area (Å²) in [6.45, 7) is -2.46. The van der Waals surface area contributed by atoms with Crippen molar-refractivity contribution < 1.29 is 19.2 Å². The van der Waals surface area contributed by atoms with Crippen LogP contribution in [0.3, 0.4) is 0 Å². The van der Waals surface area contributed by atoms with Crippen molar-refractivity contribution in [2.24, 2.45) is 0 Å². The monoisotopic (exact) mass is 411 g/mol. The SMILES string of the molecule is CCOC(=O)CP(O[N+](=O)[O-])(c1ccccc1)(c1ccccc1)c1ccccc1. The Hall–Kier alpha value is -3.24. The van der Waals surface area contributed by atoms with Crippen LogP contribution in [-0.4, -0.2) is 23.8 Å². The number of carbonyl (C=O) groups excluding carboxylic acids is 1. The van der Waals surface area contributed by atoms with Crippen molar-refractivity contribution in [2.75, 3.05) is 12.8 Å². The zero-order valence-corrected chi connectivity index (χ0v) is 16.9. The molecule has 6 nitrogen and oxygen atoms in total. The van der Waals surface area contributed by atoms with E-state index in [0.29, 0.717) is 15.9 Å². The maximum absolute atomic E-state index is 12.9. The molecule has 0 saturated carbocycles. The maximum atomic E-state index is 12.9. The third kappa shape index (κ3) is 3.59. The molecule has 0 aliphatic rings. The molecule has 0 aliphatic heterocycles. The average molecular weight is 411 g/mol. The van der Waals surface area contributed by atoms with Crippen LogP contribution in [0.15, 0.2) is 91.0 Å². The fourth-order valence-electron chi connectivity index (χ4n) is 3.72. The van der Waals surface area contributed by atoms with Gasteiger partial charge in [-0.25, -0.2) is 0 Å². The number of benzene rings is 3. The van der Waals surface area contributed by atoms with Crippen molar-refractivity contribution in [3.63, 3.8) is 0 Å². The van der Waals surface area contributed by atoms with Gasteiger partial charge in [-0.15, -0.1) is 0 Å². The number of rotatable bonds is 8. The van der Waals surface area contributed by atoms with Gasteiger partial charge in [0.2, 0.25) is 0 Å². The van der Waals surface area contributed by atoms with Gasteiger partial charge in [-0.05, 0) is 0 Å². The van der Waals surface area contributed by atoms with Gasteiger partial charge < -0.3 is 0 Å². The minimum atomic E-state index is -4.33. The summed E-state index contributed by atoms with van der Waals surface area (Å²) in [7, 11) is 0. The molecule has 0 N–H and O–H groups in total. The molecule has 0 unspecified atom stereocenters. The first-order chi connectivity index (χ1) is 14.0. The molecule has 3 aromatic rings. The molecular weight excluding hydrogens is 389 g/mol. The standard InChI is InChI=1S/C22H22NO5P/c1-2-27-22(24)18-29(28-23(25)26,19-12-6-3-7-13-19,20-14-8-4-9-15-20)21-16-10-5-11-17-21/h3-17H,2,18H2,1H3. The molecular formula is C22H22NO5P. The molecule has 0 atom stereocenters. The predicted octanol–water partition coefficient (Wildman–Crippen LogP) is 3.20. The number of ether oxygens (including phenoxy) is 1. The third-order valence-electron chi connectivity index (χ3n) is 4.89. The van der Waals surface area contributed by atoms with Crippen LogP contribution in [0, 0.1) is 10.1 Å². The fraction of sp³-hybridized carbons (Fsp3) is 0.136. The summed E-state index contributed by atoms with van der Waals surface area (Å²) < 4.78 is 11.0. The van der Waals surface area contributed by atoms with E-state index in [9.17, 15) is 14.9 Å². The molecule has 0 aromatic heterocycles. The number of nitrogens with zero attached hydrogens (tertiary/aromatic N) is 1. The molecule has 29 heavy (non-hydrogen) atoms. The van der Waals surface area contributed by atoms with Crippen LogP contribution in [-0.2, 0) is 14.2 Å². The molecule has 0 radical (unpaired) electrons. The van der Waals surface area contributed by atoms with Crippen molar-refractivity contribution in [1.29, 1.82) is 0 Å². The number of esters is 1. The Morgan fingerprint density at radius 1 is 0.828 bits per heavy atom. The zero-order chi connectivity index (χ0) is 20.8. The molecule has 3 rings (SSSR count). The summed E-state index contributed by atoms with van der Waals surface area (Å²) in [4.78, 5) is 24.8. The normalized spacial score (nSPS) is 12.4. The summed E-state index contributed by atoms with van der Waals surface area (Å²) in [6.07, 6.45) is -0.279. The van der Waals surface area contributed by atoms with E-state index in [-0.39, 0.29) is 12.8 Å². The number of carbonyl (C=O) groups is 1. The van der Waals surface area contributed by atoms with Crippen LogP contribution >= 0.6 is 6.83 Å². The van der Waals surface area contributed by atoms with Crippen LogP contribution < -0.4 is 15.9 Å². The van der Waals surface area contributed by atoms with Crippen LogP contribution in [0.2, 0.25) is 0 Å². The molecule has 0 amide bonds. The molecule has 7 heteroatoms. The zero-order valence-electron chi connectivity index (χ0n) is 16.0. The Bertz CT molecular complexity index is 880. The Kier molecular flexibility index (Phi) is 5.95. The summed E-state index contributed by atoms with van der Waals surface area (Å²) >= 11 is 0. The van der Waals surface area contributed by atoms with E-state index >= 15 is 0 Å². The van der Waals surface area contributed by atoms with Gasteiger partial charge in [0.1, 0.15) is 0 Å². The summed E-state index contributed by atoms with van der Waals surface area (Å²) in [5.74, 6) is -0.552. The van der Waals surface area contributed by atoms with Gasteiger partial charge in [0.05, 0.1) is 0 Å². The van der Waals surface area contributed by atoms with Crippen LogP contribution in [0.25, 0.3) is 0 Å². The summed E-state index contributed by atoms with van der Waals surface area (Å²) in [6, 6.07) is 26.9. The van der Waals surface area contributed by atoms with E-state index in [1.54, 1.807) is 79.7 Å². The van der Waals surface area contributed by atoms with Gasteiger partial charge in [-0.2, -0.15) is 0 Å². The first-order valence-electron chi connectivity index (χ1n) is 9.21. The quantitative estimate of drug-likeness (QED) is 0.246. The first-order valence-corrected chi connectivity index (χ1v) is 11.5. The Labute approximate surface area is 169 Å². The molecule has 150 valence electrons. The third-order valence-corrected chi connectivity index (χ3v) is 10.4. The number of hydrogen-bond donors (Lipinski definition) is 0. The predicted molar refractivity (Wildman–Crippen MR) is 115 cm³/mol. The Morgan fingerprint density at radius 2 is 1.21 bits per heavy atom. The fourth-order valence-corrected chi connectivity index (χ4v) is 8.79. The van der Waals surface area contributed by atoms with Gasteiger partial charge >= 0.3 is 169 Å². The number of hydrogen-bond acceptors (Lipinski definition) is 5. The minimum absolute atomic E-state index is 0.169. The van der Waals surface area contributed by atoms with Crippen molar-refractivity contribution in [3.05, 3.63) is 101 Å². The molecule has 0 saturated heterocycles. The Balaban J connectivity index is 2.50. The molecule has 0 spiro atoms. The second kappa shape index (κ2) is 8.41. The second-order valence-corrected chi connectivity index (χ2v) is 10.9. The van der Waals surface area contributed by atoms with Crippen molar-refractivity contribution >= 4 is 28.7 Å². The van der Waals surface area contributed by atoms with Crippen LogP contribution in [0.5, 0.6) is 0 Å². The van der Waals surface area contributed by atoms with E-state index < -0.39 is 17.9 Å². The van der Waals surface area contributed by atoms with Crippen molar-refractivity contribution in [2.45, 2.75) is 6.92 Å². The summed E-state index contributed by atoms with van der Waals surface area (Å²) in [5, 5.41) is 12.9. The molecule has 0 heterocycles. The molecule has 0 fully saturated rings. The first kappa shape index (κ1) is 20.5. The van der Waals surface area contributed by atoms with Gasteiger partial charge in [0.25, 0.3) is 0 Å². The van der Waals surface area contributed by atoms with E-state index in [4.69, 9.17) is 9.36 Å². The van der Waals surface area contributed by atoms with Gasteiger partial charge in [0, 0.05) is 0 Å². The van der Waals surface area contributed by atoms with Crippen molar-refractivity contribution in [1.82, 2.24) is 0 Å². The van der Waals surface area contributed by atoms with Gasteiger partial charge in [0.15, 0.2) is 0 Å². The van der Waals surface area contributed by atoms with E-state index in [2.05, 4.69) is 0 Å². The van der Waals surface area contributed by atoms with E-state index in [1.807, 2.05) is 18.2 Å². The molecule has 0 aliphatic carbocycles. The summed E-state index contributed by atoms with van der Waals surface area (Å²) in [5.41, 5.74) is 0. The molecule has 3 aromatic carbocycles. The second-order valence-electron chi connectivity index (χ2n) is 6.49. The molecule has 0 bridgehead atoms.